The number of aromatic nitrogens is 1. The zero-order valence-corrected chi connectivity index (χ0v) is 9.54. The van der Waals surface area contributed by atoms with Crippen molar-refractivity contribution < 1.29 is 9.53 Å². The van der Waals surface area contributed by atoms with E-state index < -0.39 is 0 Å². The quantitative estimate of drug-likeness (QED) is 0.778. The molecule has 15 heavy (non-hydrogen) atoms. The number of amides is 1. The zero-order valence-electron chi connectivity index (χ0n) is 8.73. The van der Waals surface area contributed by atoms with E-state index >= 15 is 0 Å². The van der Waals surface area contributed by atoms with Crippen LogP contribution in [-0.4, -0.2) is 30.2 Å². The maximum Gasteiger partial charge on any atom is 0.307 e. The van der Waals surface area contributed by atoms with E-state index in [0.717, 1.165) is 11.3 Å². The monoisotopic (exact) mass is 230 g/mol. The van der Waals surface area contributed by atoms with E-state index in [0.29, 0.717) is 6.61 Å². The molecule has 1 atom stereocenters. The minimum absolute atomic E-state index is 0.0446. The number of carbonyl (C=O) groups is 1. The third-order valence-corrected chi connectivity index (χ3v) is 2.48. The first-order valence-electron chi connectivity index (χ1n) is 4.55. The van der Waals surface area contributed by atoms with Gasteiger partial charge >= 0.3 is 4.87 Å². The van der Waals surface area contributed by atoms with Crippen LogP contribution in [0.1, 0.15) is 6.92 Å². The second-order valence-electron chi connectivity index (χ2n) is 3.22. The molecule has 0 aliphatic heterocycles. The summed E-state index contributed by atoms with van der Waals surface area (Å²) < 4.78 is 6.26. The molecule has 1 heterocycles. The van der Waals surface area contributed by atoms with Crippen molar-refractivity contribution in [2.45, 2.75) is 19.5 Å². The molecule has 0 fully saturated rings. The summed E-state index contributed by atoms with van der Waals surface area (Å²) >= 11 is 1.08. The molecule has 84 valence electrons. The highest BCUT2D eigenvalue weighted by Crippen LogP contribution is 1.90. The van der Waals surface area contributed by atoms with Gasteiger partial charge in [0.25, 0.3) is 0 Å². The molecular weight excluding hydrogens is 216 g/mol. The number of methoxy groups -OCH3 is 1. The van der Waals surface area contributed by atoms with Gasteiger partial charge in [-0.1, -0.05) is 11.3 Å². The van der Waals surface area contributed by atoms with Gasteiger partial charge in [-0.3, -0.25) is 14.2 Å². The van der Waals surface area contributed by atoms with E-state index in [9.17, 15) is 9.59 Å². The fourth-order valence-corrected chi connectivity index (χ4v) is 1.76. The lowest BCUT2D eigenvalue weighted by molar-refractivity contribution is -0.122. The van der Waals surface area contributed by atoms with Crippen LogP contribution in [0.2, 0.25) is 0 Å². The standard InChI is InChI=1S/C9H14N2O3S/c1-7(6-14-2)10-8(12)5-11-3-4-15-9(11)13/h3-4,7H,5-6H2,1-2H3,(H,10,12). The highest BCUT2D eigenvalue weighted by Gasteiger charge is 2.08. The van der Waals surface area contributed by atoms with Gasteiger partial charge in [-0.2, -0.15) is 0 Å². The number of hydrogen-bond donors (Lipinski definition) is 1. The molecule has 1 aromatic heterocycles. The van der Waals surface area contributed by atoms with E-state index in [2.05, 4.69) is 5.32 Å². The third-order valence-electron chi connectivity index (χ3n) is 1.78. The van der Waals surface area contributed by atoms with Crippen molar-refractivity contribution >= 4 is 17.2 Å². The lowest BCUT2D eigenvalue weighted by Crippen LogP contribution is -2.38. The van der Waals surface area contributed by atoms with Crippen LogP contribution in [0, 0.1) is 0 Å². The van der Waals surface area contributed by atoms with Crippen molar-refractivity contribution in [3.63, 3.8) is 0 Å². The minimum Gasteiger partial charge on any atom is -0.383 e. The van der Waals surface area contributed by atoms with Gasteiger partial charge < -0.3 is 10.1 Å². The lowest BCUT2D eigenvalue weighted by Gasteiger charge is -2.12. The third kappa shape index (κ3) is 3.85. The largest absolute Gasteiger partial charge is 0.383 e. The fourth-order valence-electron chi connectivity index (χ4n) is 1.17. The highest BCUT2D eigenvalue weighted by molar-refractivity contribution is 7.07. The normalized spacial score (nSPS) is 12.4. The van der Waals surface area contributed by atoms with Crippen LogP contribution in [0.3, 0.4) is 0 Å². The zero-order chi connectivity index (χ0) is 11.3. The molecule has 1 aromatic rings. The van der Waals surface area contributed by atoms with Crippen LogP contribution in [-0.2, 0) is 16.1 Å². The second kappa shape index (κ2) is 5.67. The average Bonchev–Trinajstić information content (AvgIpc) is 2.52. The molecular formula is C9H14N2O3S. The van der Waals surface area contributed by atoms with Crippen LogP contribution in [0.4, 0.5) is 0 Å². The first-order chi connectivity index (χ1) is 7.13. The van der Waals surface area contributed by atoms with E-state index in [1.54, 1.807) is 18.7 Å². The summed E-state index contributed by atoms with van der Waals surface area (Å²) in [7, 11) is 1.58. The number of ether oxygens (including phenoxy) is 1. The molecule has 0 spiro atoms. The molecule has 0 aliphatic rings. The molecule has 0 saturated heterocycles. The Bertz CT molecular complexity index is 371. The summed E-state index contributed by atoms with van der Waals surface area (Å²) in [6.07, 6.45) is 1.60. The van der Waals surface area contributed by atoms with Crippen molar-refractivity contribution in [1.82, 2.24) is 9.88 Å². The SMILES string of the molecule is COCC(C)NC(=O)Cn1ccsc1=O. The summed E-state index contributed by atoms with van der Waals surface area (Å²) in [5, 5.41) is 4.39. The first-order valence-corrected chi connectivity index (χ1v) is 5.43. The Morgan fingerprint density at radius 3 is 3.00 bits per heavy atom. The molecule has 0 bridgehead atoms. The number of rotatable bonds is 5. The van der Waals surface area contributed by atoms with E-state index in [-0.39, 0.29) is 23.4 Å². The number of nitrogens with zero attached hydrogens (tertiary/aromatic N) is 1. The molecule has 0 saturated carbocycles. The van der Waals surface area contributed by atoms with Crippen molar-refractivity contribution in [2.24, 2.45) is 0 Å². The maximum atomic E-state index is 11.4. The maximum absolute atomic E-state index is 11.4. The van der Waals surface area contributed by atoms with E-state index in [4.69, 9.17) is 4.74 Å². The summed E-state index contributed by atoms with van der Waals surface area (Å²) in [6, 6.07) is -0.0446. The van der Waals surface area contributed by atoms with Crippen molar-refractivity contribution in [3.05, 3.63) is 21.2 Å². The summed E-state index contributed by atoms with van der Waals surface area (Å²) in [5.74, 6) is -0.181. The Hall–Kier alpha value is -1.14. The lowest BCUT2D eigenvalue weighted by atomic mass is 10.3. The van der Waals surface area contributed by atoms with Gasteiger partial charge in [-0.05, 0) is 6.92 Å². The molecule has 0 radical (unpaired) electrons. The Kier molecular flexibility index (Phi) is 4.51. The van der Waals surface area contributed by atoms with Crippen molar-refractivity contribution in [3.8, 4) is 0 Å². The van der Waals surface area contributed by atoms with Crippen LogP contribution in [0.15, 0.2) is 16.4 Å². The van der Waals surface area contributed by atoms with Crippen molar-refractivity contribution in [1.29, 1.82) is 0 Å². The number of nitrogens with one attached hydrogen (secondary N) is 1. The van der Waals surface area contributed by atoms with Crippen molar-refractivity contribution in [2.75, 3.05) is 13.7 Å². The minimum atomic E-state index is -0.181. The van der Waals surface area contributed by atoms with Crippen LogP contribution in [0.5, 0.6) is 0 Å². The Labute approximate surface area is 91.7 Å². The summed E-state index contributed by atoms with van der Waals surface area (Å²) in [5.41, 5.74) is 0. The first kappa shape index (κ1) is 11.9. The average molecular weight is 230 g/mol. The summed E-state index contributed by atoms with van der Waals surface area (Å²) in [4.78, 5) is 22.4. The van der Waals surface area contributed by atoms with Crippen LogP contribution in [0.25, 0.3) is 0 Å². The number of carbonyl (C=O) groups excluding carboxylic acids is 1. The Balaban J connectivity index is 2.43. The van der Waals surface area contributed by atoms with Gasteiger partial charge in [0.1, 0.15) is 6.54 Å². The number of thiazole rings is 1. The molecule has 5 nitrogen and oxygen atoms in total. The highest BCUT2D eigenvalue weighted by atomic mass is 32.1. The molecule has 6 heteroatoms. The smallest absolute Gasteiger partial charge is 0.307 e. The van der Waals surface area contributed by atoms with Gasteiger partial charge in [0, 0.05) is 24.7 Å². The van der Waals surface area contributed by atoms with E-state index in [1.165, 1.54) is 4.57 Å². The molecule has 0 aromatic carbocycles. The molecule has 1 rings (SSSR count). The van der Waals surface area contributed by atoms with Gasteiger partial charge in [0.2, 0.25) is 5.91 Å². The Morgan fingerprint density at radius 1 is 1.73 bits per heavy atom. The second-order valence-corrected chi connectivity index (χ2v) is 4.08. The van der Waals surface area contributed by atoms with Gasteiger partial charge in [0.15, 0.2) is 0 Å². The Morgan fingerprint density at radius 2 is 2.47 bits per heavy atom. The van der Waals surface area contributed by atoms with Gasteiger partial charge in [-0.25, -0.2) is 0 Å². The molecule has 1 N–H and O–H groups in total. The van der Waals surface area contributed by atoms with E-state index in [1.807, 2.05) is 6.92 Å². The molecule has 1 unspecified atom stereocenters. The molecule has 0 aliphatic carbocycles. The topological polar surface area (TPSA) is 60.3 Å². The van der Waals surface area contributed by atoms with Crippen LogP contribution >= 0.6 is 11.3 Å². The van der Waals surface area contributed by atoms with Gasteiger partial charge in [-0.15, -0.1) is 0 Å². The number of hydrogen-bond acceptors (Lipinski definition) is 4. The van der Waals surface area contributed by atoms with Gasteiger partial charge in [0.05, 0.1) is 6.61 Å². The van der Waals surface area contributed by atoms with Crippen LogP contribution < -0.4 is 10.2 Å². The predicted molar refractivity (Wildman–Crippen MR) is 58.1 cm³/mol. The predicted octanol–water partition coefficient (Wildman–Crippen LogP) is 0.0609. The molecule has 1 amide bonds. The summed E-state index contributed by atoms with van der Waals surface area (Å²) in [6.45, 7) is 2.37. The fraction of sp³-hybridized carbons (Fsp3) is 0.556.